The number of hydrogen-bond acceptors (Lipinski definition) is 10. The molecular formula is C37H51N3O8. The number of fused-ring (bicyclic) bond motifs is 5. The minimum Gasteiger partial charge on any atom is -0.491 e. The van der Waals surface area contributed by atoms with Gasteiger partial charge in [-0.1, -0.05) is 45.7 Å². The monoisotopic (exact) mass is 665 g/mol. The molecule has 3 aliphatic heterocycles. The molecule has 0 N–H and O–H groups in total. The summed E-state index contributed by atoms with van der Waals surface area (Å²) in [6.07, 6.45) is 5.17. The third-order valence-electron chi connectivity index (χ3n) is 10.3. The van der Waals surface area contributed by atoms with Crippen molar-refractivity contribution in [3.63, 3.8) is 0 Å². The van der Waals surface area contributed by atoms with Crippen molar-refractivity contribution in [3.05, 3.63) is 29.8 Å². The molecule has 3 fully saturated rings. The molecule has 1 aromatic carbocycles. The van der Waals surface area contributed by atoms with E-state index in [4.69, 9.17) is 28.7 Å². The average Bonchev–Trinajstić information content (AvgIpc) is 3.66. The van der Waals surface area contributed by atoms with Gasteiger partial charge >= 0.3 is 11.9 Å². The van der Waals surface area contributed by atoms with Crippen molar-refractivity contribution in [2.24, 2.45) is 17.3 Å². The summed E-state index contributed by atoms with van der Waals surface area (Å²) in [6, 6.07) is 7.12. The molecular weight excluding hydrogens is 614 g/mol. The van der Waals surface area contributed by atoms with Gasteiger partial charge in [-0.2, -0.15) is 0 Å². The number of amides is 1. The molecule has 1 aliphatic carbocycles. The van der Waals surface area contributed by atoms with Gasteiger partial charge in [-0.25, -0.2) is 9.78 Å². The highest BCUT2D eigenvalue weighted by atomic mass is 16.6. The van der Waals surface area contributed by atoms with Gasteiger partial charge in [-0.05, 0) is 49.1 Å². The minimum absolute atomic E-state index is 0.0387. The molecule has 0 spiro atoms. The molecule has 2 saturated heterocycles. The molecule has 0 radical (unpaired) electrons. The molecule has 1 saturated carbocycles. The largest absolute Gasteiger partial charge is 0.491 e. The molecule has 48 heavy (non-hydrogen) atoms. The molecule has 2 bridgehead atoms. The van der Waals surface area contributed by atoms with Crippen LogP contribution in [0.2, 0.25) is 0 Å². The molecule has 5 atom stereocenters. The van der Waals surface area contributed by atoms with E-state index >= 15 is 0 Å². The number of pyridine rings is 1. The fourth-order valence-corrected chi connectivity index (χ4v) is 7.33. The Morgan fingerprint density at radius 3 is 2.60 bits per heavy atom. The molecule has 11 nitrogen and oxygen atoms in total. The number of benzene rings is 1. The van der Waals surface area contributed by atoms with Crippen molar-refractivity contribution in [2.75, 3.05) is 53.1 Å². The summed E-state index contributed by atoms with van der Waals surface area (Å²) in [5.74, 6) is -0.172. The van der Waals surface area contributed by atoms with Gasteiger partial charge in [0.1, 0.15) is 30.6 Å². The first-order chi connectivity index (χ1) is 23.1. The molecule has 4 heterocycles. The highest BCUT2D eigenvalue weighted by Crippen LogP contribution is 2.42. The second-order valence-electron chi connectivity index (χ2n) is 14.8. The van der Waals surface area contributed by atoms with Crippen molar-refractivity contribution >= 4 is 28.7 Å². The number of aromatic nitrogens is 1. The number of methoxy groups -OCH3 is 1. The zero-order chi connectivity index (χ0) is 33.8. The van der Waals surface area contributed by atoms with Gasteiger partial charge in [0, 0.05) is 31.4 Å². The van der Waals surface area contributed by atoms with Crippen LogP contribution >= 0.6 is 0 Å². The predicted octanol–water partition coefficient (Wildman–Crippen LogP) is 4.57. The summed E-state index contributed by atoms with van der Waals surface area (Å²) in [5.41, 5.74) is 1.14. The van der Waals surface area contributed by atoms with Crippen LogP contribution in [-0.2, 0) is 35.0 Å². The minimum atomic E-state index is -0.837. The quantitative estimate of drug-likeness (QED) is 0.421. The highest BCUT2D eigenvalue weighted by molar-refractivity contribution is 5.90. The SMILES string of the molecule is COC(=O)[C@@H]1C[C@@H]2CN1C(=O)[C@H](C(C)(C)C)CC(=O)O[C@@H]1C[C@H]1CCCCCc1c(nc3ccccc3c1OCCN1CCOCC1)O2. The summed E-state index contributed by atoms with van der Waals surface area (Å²) >= 11 is 0. The van der Waals surface area contributed by atoms with Crippen molar-refractivity contribution in [1.82, 2.24) is 14.8 Å². The Bertz CT molecular complexity index is 1470. The molecule has 11 heteroatoms. The first kappa shape index (κ1) is 34.4. The van der Waals surface area contributed by atoms with Gasteiger partial charge in [0.25, 0.3) is 0 Å². The van der Waals surface area contributed by atoms with Crippen LogP contribution in [0.25, 0.3) is 10.9 Å². The van der Waals surface area contributed by atoms with Crippen LogP contribution in [0.5, 0.6) is 11.6 Å². The van der Waals surface area contributed by atoms with Crippen LogP contribution in [-0.4, -0.2) is 104 Å². The van der Waals surface area contributed by atoms with Gasteiger partial charge in [0.2, 0.25) is 11.8 Å². The molecule has 0 unspecified atom stereocenters. The summed E-state index contributed by atoms with van der Waals surface area (Å²) in [5, 5.41) is 0.940. The molecule has 1 amide bonds. The number of para-hydroxylation sites is 1. The van der Waals surface area contributed by atoms with Crippen LogP contribution in [0.4, 0.5) is 0 Å². The summed E-state index contributed by atoms with van der Waals surface area (Å²) in [7, 11) is 1.33. The standard InChI is InChI=1S/C37H51N3O8/c1-37(2,3)28-22-32(41)48-31-20-24(31)10-6-5-7-12-27-33(46-19-16-39-14-17-45-18-15-39)26-11-8-9-13-29(26)38-34(27)47-25-21-30(36(43)44-4)40(23-25)35(28)42/h8-9,11,13,24-25,28,30-31H,5-7,10,12,14-23H2,1-4H3/t24-,25-,28-,30+,31-/m1/s1. The fourth-order valence-electron chi connectivity index (χ4n) is 7.33. The van der Waals surface area contributed by atoms with E-state index in [0.717, 1.165) is 87.2 Å². The molecule has 2 aromatic rings. The molecule has 6 rings (SSSR count). The predicted molar refractivity (Wildman–Crippen MR) is 179 cm³/mol. The summed E-state index contributed by atoms with van der Waals surface area (Å²) < 4.78 is 29.9. The van der Waals surface area contributed by atoms with Gasteiger partial charge < -0.3 is 28.6 Å². The fraction of sp³-hybridized carbons (Fsp3) is 0.676. The first-order valence-electron chi connectivity index (χ1n) is 17.7. The maximum Gasteiger partial charge on any atom is 0.328 e. The van der Waals surface area contributed by atoms with E-state index in [1.54, 1.807) is 4.90 Å². The number of morpholine rings is 1. The van der Waals surface area contributed by atoms with Crippen molar-refractivity contribution in [3.8, 4) is 11.6 Å². The third kappa shape index (κ3) is 8.05. The number of carbonyl (C=O) groups excluding carboxylic acids is 3. The van der Waals surface area contributed by atoms with E-state index < -0.39 is 29.4 Å². The number of nitrogens with zero attached hydrogens (tertiary/aromatic N) is 3. The van der Waals surface area contributed by atoms with Crippen molar-refractivity contribution < 1.29 is 38.1 Å². The second-order valence-corrected chi connectivity index (χ2v) is 14.8. The molecule has 1 aromatic heterocycles. The lowest BCUT2D eigenvalue weighted by Crippen LogP contribution is -2.47. The Labute approximate surface area is 283 Å². The van der Waals surface area contributed by atoms with Gasteiger partial charge in [0.15, 0.2) is 0 Å². The van der Waals surface area contributed by atoms with E-state index in [1.807, 2.05) is 45.0 Å². The number of ether oxygens (including phenoxy) is 5. The lowest BCUT2D eigenvalue weighted by atomic mass is 9.77. The number of carbonyl (C=O) groups is 3. The van der Waals surface area contributed by atoms with E-state index in [0.29, 0.717) is 24.8 Å². The Morgan fingerprint density at radius 1 is 1.04 bits per heavy atom. The Hall–Kier alpha value is -3.44. The third-order valence-corrected chi connectivity index (χ3v) is 10.3. The van der Waals surface area contributed by atoms with Gasteiger partial charge in [-0.15, -0.1) is 0 Å². The zero-order valence-electron chi connectivity index (χ0n) is 28.9. The van der Waals surface area contributed by atoms with Crippen LogP contribution in [0.1, 0.15) is 71.3 Å². The van der Waals surface area contributed by atoms with Crippen LogP contribution < -0.4 is 9.47 Å². The van der Waals surface area contributed by atoms with E-state index in [9.17, 15) is 14.4 Å². The second kappa shape index (κ2) is 15.0. The van der Waals surface area contributed by atoms with Crippen LogP contribution in [0.15, 0.2) is 24.3 Å². The van der Waals surface area contributed by atoms with Crippen molar-refractivity contribution in [1.29, 1.82) is 0 Å². The van der Waals surface area contributed by atoms with Crippen LogP contribution in [0.3, 0.4) is 0 Å². The lowest BCUT2D eigenvalue weighted by Gasteiger charge is -2.34. The Balaban J connectivity index is 1.33. The highest BCUT2D eigenvalue weighted by Gasteiger charge is 2.47. The van der Waals surface area contributed by atoms with Gasteiger partial charge in [-0.3, -0.25) is 14.5 Å². The molecule has 262 valence electrons. The Morgan fingerprint density at radius 2 is 1.83 bits per heavy atom. The number of rotatable bonds is 5. The smallest absolute Gasteiger partial charge is 0.328 e. The van der Waals surface area contributed by atoms with E-state index in [2.05, 4.69) is 4.90 Å². The average molecular weight is 666 g/mol. The Kier molecular flexibility index (Phi) is 10.7. The maximum atomic E-state index is 14.2. The van der Waals surface area contributed by atoms with Crippen LogP contribution in [0, 0.1) is 17.3 Å². The summed E-state index contributed by atoms with van der Waals surface area (Å²) in [6.45, 7) is 10.5. The van der Waals surface area contributed by atoms with E-state index in [-0.39, 0.29) is 37.4 Å². The molecule has 4 aliphatic rings. The van der Waals surface area contributed by atoms with Crippen molar-refractivity contribution in [2.45, 2.75) is 90.4 Å². The topological polar surface area (TPSA) is 117 Å². The lowest BCUT2D eigenvalue weighted by molar-refractivity contribution is -0.157. The summed E-state index contributed by atoms with van der Waals surface area (Å²) in [4.78, 5) is 49.3. The van der Waals surface area contributed by atoms with Gasteiger partial charge in [0.05, 0.1) is 50.3 Å². The number of hydrogen-bond donors (Lipinski definition) is 0. The first-order valence-corrected chi connectivity index (χ1v) is 17.7. The zero-order valence-corrected chi connectivity index (χ0v) is 28.9. The normalized spacial score (nSPS) is 27.6. The van der Waals surface area contributed by atoms with E-state index in [1.165, 1.54) is 7.11 Å². The maximum absolute atomic E-state index is 14.2. The number of esters is 2.